The summed E-state index contributed by atoms with van der Waals surface area (Å²) >= 11 is 0. The molecule has 0 saturated carbocycles. The molecule has 1 aromatic rings. The molecule has 0 amide bonds. The summed E-state index contributed by atoms with van der Waals surface area (Å²) in [6, 6.07) is 0. The lowest BCUT2D eigenvalue weighted by molar-refractivity contribution is 0.552. The van der Waals surface area contributed by atoms with Gasteiger partial charge < -0.3 is 5.84 Å². The normalized spacial score (nSPS) is 9.33. The van der Waals surface area contributed by atoms with Crippen LogP contribution >= 0.6 is 0 Å². The van der Waals surface area contributed by atoms with E-state index in [2.05, 4.69) is 15.5 Å². The Morgan fingerprint density at radius 2 is 2.56 bits per heavy atom. The van der Waals surface area contributed by atoms with Gasteiger partial charge in [-0.25, -0.2) is 0 Å². The molecule has 9 heavy (non-hydrogen) atoms. The van der Waals surface area contributed by atoms with E-state index >= 15 is 0 Å². The van der Waals surface area contributed by atoms with Crippen molar-refractivity contribution < 1.29 is 4.79 Å². The van der Waals surface area contributed by atoms with Crippen molar-refractivity contribution in [3.05, 3.63) is 5.82 Å². The maximum Gasteiger partial charge on any atom is 0.206 e. The van der Waals surface area contributed by atoms with Crippen LogP contribution in [0.25, 0.3) is 0 Å². The third-order valence-electron chi connectivity index (χ3n) is 0.791. The van der Waals surface area contributed by atoms with Gasteiger partial charge in [0.1, 0.15) is 0 Å². The van der Waals surface area contributed by atoms with Crippen molar-refractivity contribution in [2.45, 2.75) is 6.42 Å². The number of hydrogen-bond donors (Lipinski definition) is 1. The second kappa shape index (κ2) is 2.21. The molecule has 1 rings (SSSR count). The van der Waals surface area contributed by atoms with Gasteiger partial charge in [0.15, 0.2) is 5.82 Å². The molecule has 0 bridgehead atoms. The number of nitrogen functional groups attached to an aromatic ring is 1. The topological polar surface area (TPSA) is 86.7 Å². The van der Waals surface area contributed by atoms with Crippen LogP contribution in [0.2, 0.25) is 0 Å². The van der Waals surface area contributed by atoms with Crippen LogP contribution in [0, 0.1) is 0 Å². The van der Waals surface area contributed by atoms with Crippen LogP contribution < -0.4 is 5.84 Å². The van der Waals surface area contributed by atoms with E-state index < -0.39 is 0 Å². The highest BCUT2D eigenvalue weighted by atomic mass is 16.1. The monoisotopic (exact) mass is 126 g/mol. The van der Waals surface area contributed by atoms with Gasteiger partial charge >= 0.3 is 0 Å². The zero-order valence-electron chi connectivity index (χ0n) is 4.48. The summed E-state index contributed by atoms with van der Waals surface area (Å²) in [5.41, 5.74) is 0. The summed E-state index contributed by atoms with van der Waals surface area (Å²) in [5, 5.41) is 9.91. The minimum Gasteiger partial charge on any atom is -0.320 e. The zero-order chi connectivity index (χ0) is 6.69. The molecule has 0 aliphatic rings. The Bertz CT molecular complexity index is 206. The predicted octanol–water partition coefficient (Wildman–Crippen LogP) is -1.96. The first-order chi connectivity index (χ1) is 4.34. The predicted molar refractivity (Wildman–Crippen MR) is 27.4 cm³/mol. The van der Waals surface area contributed by atoms with Gasteiger partial charge in [0, 0.05) is 0 Å². The fraction of sp³-hybridized carbons (Fsp3) is 0.333. The molecule has 1 heterocycles. The third-order valence-corrected chi connectivity index (χ3v) is 0.791. The summed E-state index contributed by atoms with van der Waals surface area (Å²) in [7, 11) is 0. The van der Waals surface area contributed by atoms with Crippen molar-refractivity contribution >= 4 is 6.29 Å². The van der Waals surface area contributed by atoms with Crippen LogP contribution in [-0.2, 0) is 11.2 Å². The highest BCUT2D eigenvalue weighted by molar-refractivity contribution is 5.53. The smallest absolute Gasteiger partial charge is 0.206 e. The summed E-state index contributed by atoms with van der Waals surface area (Å²) < 4.78 is 0. The average molecular weight is 126 g/mol. The Morgan fingerprint density at radius 3 is 3.00 bits per heavy atom. The third kappa shape index (κ3) is 1.01. The first-order valence-corrected chi connectivity index (χ1v) is 2.22. The fourth-order valence-electron chi connectivity index (χ4n) is 0.393. The largest absolute Gasteiger partial charge is 0.320 e. The molecule has 6 nitrogen and oxygen atoms in total. The second-order valence-corrected chi connectivity index (χ2v) is 1.36. The molecule has 0 fully saturated rings. The maximum absolute atomic E-state index is 9.74. The van der Waals surface area contributed by atoms with Crippen LogP contribution in [0.3, 0.4) is 0 Å². The zero-order valence-corrected chi connectivity index (χ0v) is 4.48. The van der Waals surface area contributed by atoms with Crippen LogP contribution in [0.1, 0.15) is 5.82 Å². The molecule has 47 valence electrons. The number of rotatable bonds is 2. The molecule has 0 unspecified atom stereocenters. The molecule has 0 atom stereocenters. The van der Waals surface area contributed by atoms with E-state index in [0.29, 0.717) is 5.82 Å². The molecule has 0 aliphatic heterocycles. The molecule has 1 aromatic heterocycles. The molecule has 0 aromatic carbocycles. The number of tetrazole rings is 1. The second-order valence-electron chi connectivity index (χ2n) is 1.36. The van der Waals surface area contributed by atoms with Crippen LogP contribution in [0.4, 0.5) is 0 Å². The molecule has 0 saturated heterocycles. The van der Waals surface area contributed by atoms with Gasteiger partial charge in [-0.3, -0.25) is 4.79 Å². The molecule has 0 spiro atoms. The number of nitrogens with two attached hydrogens (primary N) is 1. The van der Waals surface area contributed by atoms with E-state index in [1.165, 1.54) is 0 Å². The highest BCUT2D eigenvalue weighted by Gasteiger charge is 1.99. The first-order valence-electron chi connectivity index (χ1n) is 2.22. The molecule has 0 aliphatic carbocycles. The summed E-state index contributed by atoms with van der Waals surface area (Å²) in [6.45, 7) is 0. The molecule has 6 heteroatoms. The quantitative estimate of drug-likeness (QED) is 0.465. The minimum absolute atomic E-state index is 0.0312. The summed E-state index contributed by atoms with van der Waals surface area (Å²) in [5.74, 6) is 5.44. The molecule has 1 radical (unpaired) electrons. The van der Waals surface area contributed by atoms with Gasteiger partial charge in [-0.05, 0) is 10.4 Å². The van der Waals surface area contributed by atoms with Gasteiger partial charge in [0.2, 0.25) is 6.29 Å². The van der Waals surface area contributed by atoms with Crippen LogP contribution in [0.5, 0.6) is 0 Å². The lowest BCUT2D eigenvalue weighted by Gasteiger charge is -1.86. The van der Waals surface area contributed by atoms with Crippen molar-refractivity contribution in [2.24, 2.45) is 0 Å². The summed E-state index contributed by atoms with van der Waals surface area (Å²) in [6.07, 6.45) is 1.65. The Balaban J connectivity index is 2.80. The van der Waals surface area contributed by atoms with Crippen LogP contribution in [-0.4, -0.2) is 26.6 Å². The number of hydrogen-bond acceptors (Lipinski definition) is 5. The van der Waals surface area contributed by atoms with E-state index in [4.69, 9.17) is 5.84 Å². The van der Waals surface area contributed by atoms with Gasteiger partial charge in [-0.1, -0.05) is 0 Å². The van der Waals surface area contributed by atoms with Crippen molar-refractivity contribution in [1.29, 1.82) is 0 Å². The van der Waals surface area contributed by atoms with E-state index in [0.717, 1.165) is 4.79 Å². The van der Waals surface area contributed by atoms with E-state index in [1.807, 2.05) is 0 Å². The number of aromatic nitrogens is 4. The van der Waals surface area contributed by atoms with E-state index in [-0.39, 0.29) is 6.42 Å². The van der Waals surface area contributed by atoms with Crippen molar-refractivity contribution in [3.63, 3.8) is 0 Å². The molecule has 2 N–H and O–H groups in total. The lowest BCUT2D eigenvalue weighted by atomic mass is 10.5. The van der Waals surface area contributed by atoms with Gasteiger partial charge in [0.25, 0.3) is 0 Å². The Morgan fingerprint density at radius 1 is 1.78 bits per heavy atom. The standard InChI is InChI=1S/C3H4N5O/c4-8-3(1-2-9)5-6-7-8/h1,4H2. The van der Waals surface area contributed by atoms with Crippen molar-refractivity contribution in [2.75, 3.05) is 5.84 Å². The Kier molecular flexibility index (Phi) is 1.39. The number of nitrogens with zero attached hydrogens (tertiary/aromatic N) is 4. The Hall–Kier alpha value is -1.46. The summed E-state index contributed by atoms with van der Waals surface area (Å²) in [4.78, 5) is 10.7. The first kappa shape index (κ1) is 5.67. The van der Waals surface area contributed by atoms with E-state index in [1.54, 1.807) is 6.29 Å². The van der Waals surface area contributed by atoms with E-state index in [9.17, 15) is 4.79 Å². The molecular formula is C3H4N5O. The van der Waals surface area contributed by atoms with Crippen molar-refractivity contribution in [3.8, 4) is 0 Å². The SMILES string of the molecule is Nn1nnnc1C[C]=O. The van der Waals surface area contributed by atoms with Gasteiger partial charge in [-0.15, -0.1) is 9.89 Å². The van der Waals surface area contributed by atoms with Gasteiger partial charge in [-0.2, -0.15) is 0 Å². The lowest BCUT2D eigenvalue weighted by Crippen LogP contribution is -2.14. The number of carbonyl (C=O) groups excluding carboxylic acids is 1. The fourth-order valence-corrected chi connectivity index (χ4v) is 0.393. The van der Waals surface area contributed by atoms with Gasteiger partial charge in [0.05, 0.1) is 6.42 Å². The minimum atomic E-state index is 0.0312. The Labute approximate surface area is 50.6 Å². The average Bonchev–Trinajstić information content (AvgIpc) is 2.18. The molecular weight excluding hydrogens is 122 g/mol. The van der Waals surface area contributed by atoms with Crippen LogP contribution in [0.15, 0.2) is 0 Å². The maximum atomic E-state index is 9.74. The highest BCUT2D eigenvalue weighted by Crippen LogP contribution is 1.82. The van der Waals surface area contributed by atoms with Crippen molar-refractivity contribution in [1.82, 2.24) is 20.3 Å².